The van der Waals surface area contributed by atoms with Gasteiger partial charge in [-0.2, -0.15) is 0 Å². The number of amides is 2. The molecule has 2 aromatic carbocycles. The van der Waals surface area contributed by atoms with E-state index >= 15 is 0 Å². The third-order valence-electron chi connectivity index (χ3n) is 4.51. The number of hydrogen-bond acceptors (Lipinski definition) is 5. The molecule has 1 heterocycles. The highest BCUT2D eigenvalue weighted by molar-refractivity contribution is 5.96. The highest BCUT2D eigenvalue weighted by Crippen LogP contribution is 2.25. The number of benzene rings is 2. The number of nitro benzene ring substituents is 1. The topological polar surface area (TPSA) is 102 Å². The summed E-state index contributed by atoms with van der Waals surface area (Å²) in [4.78, 5) is 36.1. The number of nitrogens with one attached hydrogen (secondary N) is 1. The average molecular weight is 395 g/mol. The van der Waals surface area contributed by atoms with Gasteiger partial charge in [0.25, 0.3) is 11.6 Å². The van der Waals surface area contributed by atoms with Gasteiger partial charge in [0.2, 0.25) is 5.91 Å². The number of nitrogens with zero attached hydrogens (tertiary/aromatic N) is 2. The van der Waals surface area contributed by atoms with Gasteiger partial charge >= 0.3 is 0 Å². The maximum atomic E-state index is 12.2. The average Bonchev–Trinajstić information content (AvgIpc) is 3.13. The molecule has 0 radical (unpaired) electrons. The van der Waals surface area contributed by atoms with Crippen LogP contribution in [0.25, 0.3) is 0 Å². The number of nitro groups is 1. The van der Waals surface area contributed by atoms with E-state index in [0.29, 0.717) is 36.4 Å². The first-order valence-electron chi connectivity index (χ1n) is 9.19. The van der Waals surface area contributed by atoms with Gasteiger partial charge in [-0.15, -0.1) is 6.58 Å². The molecule has 2 amide bonds. The predicted molar refractivity (Wildman–Crippen MR) is 109 cm³/mol. The molecule has 0 aromatic heterocycles. The molecule has 0 atom stereocenters. The van der Waals surface area contributed by atoms with Crippen LogP contribution in [0.1, 0.15) is 18.4 Å². The lowest BCUT2D eigenvalue weighted by molar-refractivity contribution is -0.384. The quantitative estimate of drug-likeness (QED) is 0.419. The SMILES string of the molecule is C=CCc1cc([N+](=O)[O-])ccc1OCC(=O)Nc1ccc(N2CCCC2=O)cc1. The van der Waals surface area contributed by atoms with Gasteiger partial charge in [-0.05, 0) is 43.2 Å². The van der Waals surface area contributed by atoms with Crippen molar-refractivity contribution in [2.45, 2.75) is 19.3 Å². The molecule has 1 aliphatic rings. The second kappa shape index (κ2) is 9.01. The minimum absolute atomic E-state index is 0.0461. The summed E-state index contributed by atoms with van der Waals surface area (Å²) in [5.41, 5.74) is 1.93. The predicted octanol–water partition coefficient (Wildman–Crippen LogP) is 3.47. The maximum Gasteiger partial charge on any atom is 0.269 e. The van der Waals surface area contributed by atoms with Crippen molar-refractivity contribution >= 4 is 28.9 Å². The molecule has 0 aliphatic carbocycles. The van der Waals surface area contributed by atoms with Crippen molar-refractivity contribution in [2.24, 2.45) is 0 Å². The number of allylic oxidation sites excluding steroid dienone is 1. The number of anilines is 2. The first kappa shape index (κ1) is 20.1. The Kier molecular flexibility index (Phi) is 6.23. The number of non-ortho nitro benzene ring substituents is 1. The van der Waals surface area contributed by atoms with Crippen LogP contribution in [0.5, 0.6) is 5.75 Å². The first-order valence-corrected chi connectivity index (χ1v) is 9.19. The van der Waals surface area contributed by atoms with Gasteiger partial charge in [0.1, 0.15) is 5.75 Å². The molecule has 3 rings (SSSR count). The van der Waals surface area contributed by atoms with Gasteiger partial charge in [0.15, 0.2) is 6.61 Å². The van der Waals surface area contributed by atoms with Gasteiger partial charge < -0.3 is 15.0 Å². The lowest BCUT2D eigenvalue weighted by Crippen LogP contribution is -2.23. The minimum atomic E-state index is -0.484. The number of carbonyl (C=O) groups excluding carboxylic acids is 2. The van der Waals surface area contributed by atoms with Crippen molar-refractivity contribution < 1.29 is 19.2 Å². The molecular formula is C21H21N3O5. The van der Waals surface area contributed by atoms with E-state index in [-0.39, 0.29) is 24.1 Å². The summed E-state index contributed by atoms with van der Waals surface area (Å²) in [7, 11) is 0. The van der Waals surface area contributed by atoms with Crippen molar-refractivity contribution in [3.05, 3.63) is 70.8 Å². The Labute approximate surface area is 167 Å². The second-order valence-electron chi connectivity index (χ2n) is 6.57. The molecule has 0 spiro atoms. The van der Waals surface area contributed by atoms with E-state index in [1.54, 1.807) is 35.2 Å². The van der Waals surface area contributed by atoms with Crippen LogP contribution in [0.15, 0.2) is 55.1 Å². The smallest absolute Gasteiger partial charge is 0.269 e. The highest BCUT2D eigenvalue weighted by Gasteiger charge is 2.21. The van der Waals surface area contributed by atoms with Crippen molar-refractivity contribution in [1.82, 2.24) is 0 Å². The third-order valence-corrected chi connectivity index (χ3v) is 4.51. The van der Waals surface area contributed by atoms with Gasteiger partial charge in [-0.1, -0.05) is 6.08 Å². The summed E-state index contributed by atoms with van der Waals surface area (Å²) in [5, 5.41) is 13.6. The molecule has 1 aliphatic heterocycles. The Morgan fingerprint density at radius 1 is 1.28 bits per heavy atom. The van der Waals surface area contributed by atoms with Gasteiger partial charge in [-0.3, -0.25) is 19.7 Å². The van der Waals surface area contributed by atoms with Crippen LogP contribution >= 0.6 is 0 Å². The number of rotatable bonds is 8. The molecule has 0 saturated carbocycles. The Morgan fingerprint density at radius 3 is 2.66 bits per heavy atom. The zero-order chi connectivity index (χ0) is 20.8. The fourth-order valence-electron chi connectivity index (χ4n) is 3.12. The van der Waals surface area contributed by atoms with E-state index in [1.807, 2.05) is 0 Å². The van der Waals surface area contributed by atoms with E-state index < -0.39 is 4.92 Å². The van der Waals surface area contributed by atoms with E-state index in [0.717, 1.165) is 12.1 Å². The van der Waals surface area contributed by atoms with Crippen LogP contribution in [0.4, 0.5) is 17.1 Å². The molecule has 8 heteroatoms. The molecule has 1 fully saturated rings. The largest absolute Gasteiger partial charge is 0.483 e. The van der Waals surface area contributed by atoms with Gasteiger partial charge in [0.05, 0.1) is 4.92 Å². The zero-order valence-corrected chi connectivity index (χ0v) is 15.8. The second-order valence-corrected chi connectivity index (χ2v) is 6.57. The Morgan fingerprint density at radius 2 is 2.03 bits per heavy atom. The fraction of sp³-hybridized carbons (Fsp3) is 0.238. The Hall–Kier alpha value is -3.68. The third kappa shape index (κ3) is 4.98. The summed E-state index contributed by atoms with van der Waals surface area (Å²) in [6.45, 7) is 4.10. The summed E-state index contributed by atoms with van der Waals surface area (Å²) < 4.78 is 5.54. The normalized spacial score (nSPS) is 13.2. The monoisotopic (exact) mass is 395 g/mol. The van der Waals surface area contributed by atoms with Gasteiger partial charge in [-0.25, -0.2) is 0 Å². The number of ether oxygens (including phenoxy) is 1. The summed E-state index contributed by atoms with van der Waals surface area (Å²) in [6, 6.07) is 11.3. The molecule has 1 saturated heterocycles. The lowest BCUT2D eigenvalue weighted by Gasteiger charge is -2.16. The van der Waals surface area contributed by atoms with Crippen LogP contribution in [-0.4, -0.2) is 29.9 Å². The lowest BCUT2D eigenvalue weighted by atomic mass is 10.1. The van der Waals surface area contributed by atoms with Crippen molar-refractivity contribution in [3.63, 3.8) is 0 Å². The van der Waals surface area contributed by atoms with E-state index in [1.165, 1.54) is 18.2 Å². The first-order chi connectivity index (χ1) is 14.0. The van der Waals surface area contributed by atoms with Crippen molar-refractivity contribution in [1.29, 1.82) is 0 Å². The van der Waals surface area contributed by atoms with Crippen LogP contribution in [-0.2, 0) is 16.0 Å². The Bertz CT molecular complexity index is 940. The summed E-state index contributed by atoms with van der Waals surface area (Å²) >= 11 is 0. The summed E-state index contributed by atoms with van der Waals surface area (Å²) in [6.07, 6.45) is 3.41. The molecule has 0 bridgehead atoms. The molecule has 1 N–H and O–H groups in total. The highest BCUT2D eigenvalue weighted by atomic mass is 16.6. The molecule has 2 aromatic rings. The maximum absolute atomic E-state index is 12.2. The van der Waals surface area contributed by atoms with Crippen LogP contribution in [0.3, 0.4) is 0 Å². The van der Waals surface area contributed by atoms with Crippen molar-refractivity contribution in [2.75, 3.05) is 23.4 Å². The van der Waals surface area contributed by atoms with E-state index in [2.05, 4.69) is 11.9 Å². The molecular weight excluding hydrogens is 374 g/mol. The van der Waals surface area contributed by atoms with Crippen LogP contribution < -0.4 is 15.0 Å². The zero-order valence-electron chi connectivity index (χ0n) is 15.8. The fourth-order valence-corrected chi connectivity index (χ4v) is 3.12. The Balaban J connectivity index is 1.59. The number of hydrogen-bond donors (Lipinski definition) is 1. The molecule has 0 unspecified atom stereocenters. The van der Waals surface area contributed by atoms with Gasteiger partial charge in [0, 0.05) is 42.0 Å². The molecule has 8 nitrogen and oxygen atoms in total. The van der Waals surface area contributed by atoms with Crippen molar-refractivity contribution in [3.8, 4) is 5.75 Å². The number of carbonyl (C=O) groups is 2. The van der Waals surface area contributed by atoms with E-state index in [9.17, 15) is 19.7 Å². The minimum Gasteiger partial charge on any atom is -0.483 e. The molecule has 29 heavy (non-hydrogen) atoms. The van der Waals surface area contributed by atoms with Crippen LogP contribution in [0, 0.1) is 10.1 Å². The summed E-state index contributed by atoms with van der Waals surface area (Å²) in [5.74, 6) is 0.139. The standard InChI is InChI=1S/C21H21N3O5/c1-2-4-15-13-18(24(27)28)10-11-19(15)29-14-20(25)22-16-6-8-17(9-7-16)23-12-3-5-21(23)26/h2,6-11,13H,1,3-5,12,14H2,(H,22,25). The van der Waals surface area contributed by atoms with E-state index in [4.69, 9.17) is 4.74 Å². The van der Waals surface area contributed by atoms with Crippen LogP contribution in [0.2, 0.25) is 0 Å². The molecule has 150 valence electrons.